The lowest BCUT2D eigenvalue weighted by atomic mass is 9.54. The van der Waals surface area contributed by atoms with E-state index in [0.29, 0.717) is 73.4 Å². The van der Waals surface area contributed by atoms with Gasteiger partial charge in [0.2, 0.25) is 0 Å². The minimum Gasteiger partial charge on any atom is -0.481 e. The van der Waals surface area contributed by atoms with Crippen LogP contribution in [0, 0.1) is 11.8 Å². The van der Waals surface area contributed by atoms with Crippen LogP contribution in [0.4, 0.5) is 0 Å². The molecule has 10 atom stereocenters. The second-order valence-corrected chi connectivity index (χ2v) is 20.0. The van der Waals surface area contributed by atoms with Gasteiger partial charge in [-0.05, 0) is 137 Å². The Kier molecular flexibility index (Phi) is 7.47. The van der Waals surface area contributed by atoms with Gasteiger partial charge in [-0.3, -0.25) is 19.4 Å². The molecule has 2 spiro atoms. The number of hydrogen-bond donors (Lipinski definition) is 2. The zero-order valence-electron chi connectivity index (χ0n) is 33.9. The van der Waals surface area contributed by atoms with Crippen LogP contribution in [0.25, 0.3) is 0 Å². The third kappa shape index (κ3) is 4.48. The van der Waals surface area contributed by atoms with Gasteiger partial charge in [-0.1, -0.05) is 25.3 Å². The molecular weight excluding hydrogens is 733 g/mol. The first-order chi connectivity index (χ1) is 27.9. The molecule has 2 aromatic rings. The Morgan fingerprint density at radius 1 is 0.707 bits per heavy atom. The van der Waals surface area contributed by atoms with E-state index in [9.17, 15) is 19.8 Å². The minimum atomic E-state index is -0.966. The Labute approximate surface area is 340 Å². The van der Waals surface area contributed by atoms with Gasteiger partial charge >= 0.3 is 11.9 Å². The number of rotatable bonds is 11. The number of nitrogens with zero attached hydrogens (tertiary/aromatic N) is 2. The third-order valence-electron chi connectivity index (χ3n) is 17.2. The molecule has 4 bridgehead atoms. The van der Waals surface area contributed by atoms with E-state index in [1.54, 1.807) is 0 Å². The Morgan fingerprint density at radius 3 is 1.52 bits per heavy atom. The summed E-state index contributed by atoms with van der Waals surface area (Å²) in [6.45, 7) is 15.2. The number of ether oxygens (including phenoxy) is 4. The average Bonchev–Trinajstić information content (AvgIpc) is 4.09. The first-order valence-corrected chi connectivity index (χ1v) is 22.3. The lowest BCUT2D eigenvalue weighted by Gasteiger charge is -2.59. The summed E-state index contributed by atoms with van der Waals surface area (Å²) >= 11 is 0. The number of carbonyl (C=O) groups excluding carboxylic acids is 2. The standard InChI is InChI=1S/C48H56N2O8/c1-25-17-19-47(53)27(3)49(23-29-9-10-29)33-21-45(47)39-31(33)13-15-35(41(39)57-43(25)45)55-37(51)7-5-6-8-38(52)56-36-16-14-32-34-22-46-40(32)42(36)58-44(46)26(2)18-20-48(46,54)28(4)50(34)24-30-11-12-30/h13-16,27-30,33-34,43-44,53-54H,1-2,5-12,17-24H2,3-4H3/t27?,28?,33?,34?,43-,44-,45-,46-,47+,48+/m0/s1. The number of unbranched alkanes of at least 4 members (excludes halogenated alkanes) is 1. The maximum Gasteiger partial charge on any atom is 0.311 e. The van der Waals surface area contributed by atoms with Crippen LogP contribution in [0.15, 0.2) is 48.6 Å². The molecule has 58 heavy (non-hydrogen) atoms. The highest BCUT2D eigenvalue weighted by Crippen LogP contribution is 2.73. The fourth-order valence-corrected chi connectivity index (χ4v) is 14.0. The number of aliphatic hydroxyl groups is 2. The van der Waals surface area contributed by atoms with E-state index in [-0.39, 0.29) is 61.2 Å². The average molecular weight is 789 g/mol. The zero-order valence-corrected chi connectivity index (χ0v) is 33.9. The Bertz CT molecular complexity index is 2060. The van der Waals surface area contributed by atoms with Gasteiger partial charge in [0, 0.05) is 61.2 Å². The van der Waals surface area contributed by atoms with Gasteiger partial charge in [-0.25, -0.2) is 0 Å². The predicted molar refractivity (Wildman–Crippen MR) is 214 cm³/mol. The van der Waals surface area contributed by atoms with E-state index in [1.807, 2.05) is 12.1 Å². The van der Waals surface area contributed by atoms with Crippen LogP contribution in [0.5, 0.6) is 23.0 Å². The van der Waals surface area contributed by atoms with Crippen molar-refractivity contribution in [2.75, 3.05) is 13.1 Å². The van der Waals surface area contributed by atoms with Gasteiger partial charge in [0.05, 0.1) is 22.0 Å². The summed E-state index contributed by atoms with van der Waals surface area (Å²) in [5.74, 6) is 2.60. The van der Waals surface area contributed by atoms with Crippen molar-refractivity contribution in [3.8, 4) is 23.0 Å². The highest BCUT2D eigenvalue weighted by Gasteiger charge is 2.76. The Hall–Kier alpha value is -3.70. The van der Waals surface area contributed by atoms with Crippen molar-refractivity contribution in [3.63, 3.8) is 0 Å². The molecule has 2 N–H and O–H groups in total. The number of esters is 2. The molecule has 4 aliphatic heterocycles. The molecule has 4 heterocycles. The van der Waals surface area contributed by atoms with E-state index >= 15 is 0 Å². The largest absolute Gasteiger partial charge is 0.481 e. The van der Waals surface area contributed by atoms with Crippen LogP contribution in [-0.2, 0) is 20.4 Å². The molecule has 0 amide bonds. The summed E-state index contributed by atoms with van der Waals surface area (Å²) in [4.78, 5) is 31.8. The molecular formula is C48H56N2O8. The first-order valence-electron chi connectivity index (χ1n) is 22.3. The van der Waals surface area contributed by atoms with Crippen molar-refractivity contribution in [1.29, 1.82) is 0 Å². The fraction of sp³-hybridized carbons (Fsp3) is 0.625. The smallest absolute Gasteiger partial charge is 0.311 e. The topological polar surface area (TPSA) is 118 Å². The van der Waals surface area contributed by atoms with Crippen molar-refractivity contribution in [2.45, 2.75) is 162 Å². The van der Waals surface area contributed by atoms with E-state index in [2.05, 4.69) is 48.9 Å². The first kappa shape index (κ1) is 36.2. The normalized spacial score (nSPS) is 39.6. The van der Waals surface area contributed by atoms with Crippen LogP contribution in [0.3, 0.4) is 0 Å². The molecule has 4 unspecified atom stereocenters. The van der Waals surface area contributed by atoms with Gasteiger partial charge < -0.3 is 29.2 Å². The lowest BCUT2D eigenvalue weighted by molar-refractivity contribution is -0.172. The minimum absolute atomic E-state index is 0.0221. The van der Waals surface area contributed by atoms with E-state index in [1.165, 1.54) is 36.8 Å². The molecule has 4 saturated carbocycles. The van der Waals surface area contributed by atoms with Crippen LogP contribution >= 0.6 is 0 Å². The molecule has 10 nitrogen and oxygen atoms in total. The van der Waals surface area contributed by atoms with E-state index < -0.39 is 22.0 Å². The van der Waals surface area contributed by atoms with Crippen molar-refractivity contribution >= 4 is 11.9 Å². The Morgan fingerprint density at radius 2 is 1.12 bits per heavy atom. The lowest BCUT2D eigenvalue weighted by Crippen LogP contribution is -2.70. The quantitative estimate of drug-likeness (QED) is 0.106. The maximum absolute atomic E-state index is 13.4. The van der Waals surface area contributed by atoms with Crippen LogP contribution in [-0.4, -0.2) is 80.5 Å². The summed E-state index contributed by atoms with van der Waals surface area (Å²) in [5, 5.41) is 25.3. The van der Waals surface area contributed by atoms with Crippen molar-refractivity contribution in [3.05, 3.63) is 70.8 Å². The highest BCUT2D eigenvalue weighted by atomic mass is 16.6. The second kappa shape index (κ2) is 12.0. The van der Waals surface area contributed by atoms with Gasteiger partial charge in [-0.15, -0.1) is 0 Å². The van der Waals surface area contributed by atoms with Gasteiger partial charge in [0.15, 0.2) is 23.0 Å². The van der Waals surface area contributed by atoms with Crippen LogP contribution in [0.2, 0.25) is 0 Å². The fourth-order valence-electron chi connectivity index (χ4n) is 14.0. The van der Waals surface area contributed by atoms with Crippen LogP contribution < -0.4 is 18.9 Å². The molecule has 306 valence electrons. The van der Waals surface area contributed by atoms with Gasteiger partial charge in [0.25, 0.3) is 0 Å². The molecule has 0 radical (unpaired) electrons. The third-order valence-corrected chi connectivity index (χ3v) is 17.2. The summed E-state index contributed by atoms with van der Waals surface area (Å²) in [7, 11) is 0. The molecule has 2 saturated heterocycles. The monoisotopic (exact) mass is 788 g/mol. The van der Waals surface area contributed by atoms with Crippen LogP contribution in [0.1, 0.15) is 138 Å². The number of carbonyl (C=O) groups is 2. The number of piperidine rings is 2. The summed E-state index contributed by atoms with van der Waals surface area (Å²) in [5.41, 5.74) is 3.29. The summed E-state index contributed by atoms with van der Waals surface area (Å²) < 4.78 is 25.4. The molecule has 10 heteroatoms. The number of benzene rings is 2. The number of fused-ring (bicyclic) bond motifs is 4. The van der Waals surface area contributed by atoms with E-state index in [4.69, 9.17) is 18.9 Å². The number of likely N-dealkylation sites (tertiary alicyclic amines) is 2. The van der Waals surface area contributed by atoms with Crippen molar-refractivity contribution in [2.24, 2.45) is 11.8 Å². The second-order valence-electron chi connectivity index (χ2n) is 20.0. The zero-order chi connectivity index (χ0) is 39.7. The highest BCUT2D eigenvalue weighted by molar-refractivity contribution is 5.77. The maximum atomic E-state index is 13.4. The molecule has 0 aromatic heterocycles. The molecule has 6 fully saturated rings. The van der Waals surface area contributed by atoms with E-state index in [0.717, 1.165) is 48.2 Å². The molecule has 2 aromatic carbocycles. The molecule has 12 rings (SSSR count). The predicted octanol–water partition coefficient (Wildman–Crippen LogP) is 7.04. The van der Waals surface area contributed by atoms with Crippen molar-refractivity contribution < 1.29 is 38.7 Å². The summed E-state index contributed by atoms with van der Waals surface area (Å²) in [6.07, 6.45) is 9.78. The Balaban J connectivity index is 0.730. The molecule has 6 aliphatic carbocycles. The SMILES string of the molecule is C=C1CC[C@@]2(O)C(C)N(CC3CC3)C3C[C@@]24c2c3ccc(OC(=O)CCCCC(=O)Oc3ccc5c6c3O[C@H]3C(=C)CC[C@@]7(O)C(C)N(CC8CC8)C5C[C@]637)c2O[C@@H]14. The molecule has 10 aliphatic rings. The summed E-state index contributed by atoms with van der Waals surface area (Å²) in [6, 6.07) is 8.27. The van der Waals surface area contributed by atoms with Gasteiger partial charge in [0.1, 0.15) is 12.2 Å². The van der Waals surface area contributed by atoms with Gasteiger partial charge in [-0.2, -0.15) is 0 Å². The van der Waals surface area contributed by atoms with Crippen molar-refractivity contribution in [1.82, 2.24) is 9.80 Å². The number of hydrogen-bond acceptors (Lipinski definition) is 10.